The SMILES string of the molecule is COC(=O)C(CN1CCC[C@H]2CCCC[C@H]21)NC(C)=O. The summed E-state index contributed by atoms with van der Waals surface area (Å²) in [6.07, 6.45) is 7.64. The summed E-state index contributed by atoms with van der Waals surface area (Å²) in [4.78, 5) is 25.5. The van der Waals surface area contributed by atoms with Crippen LogP contribution in [0.15, 0.2) is 0 Å². The van der Waals surface area contributed by atoms with Crippen LogP contribution in [0.2, 0.25) is 0 Å². The van der Waals surface area contributed by atoms with Crippen LogP contribution in [0.1, 0.15) is 45.4 Å². The van der Waals surface area contributed by atoms with Gasteiger partial charge < -0.3 is 10.1 Å². The minimum absolute atomic E-state index is 0.183. The van der Waals surface area contributed by atoms with Gasteiger partial charge in [0, 0.05) is 19.5 Å². The van der Waals surface area contributed by atoms with Gasteiger partial charge in [0.05, 0.1) is 7.11 Å². The molecule has 1 N–H and O–H groups in total. The van der Waals surface area contributed by atoms with E-state index in [1.54, 1.807) is 0 Å². The number of carbonyl (C=O) groups excluding carboxylic acids is 2. The van der Waals surface area contributed by atoms with E-state index in [2.05, 4.69) is 10.2 Å². The van der Waals surface area contributed by atoms with Crippen LogP contribution >= 0.6 is 0 Å². The third-order valence-electron chi connectivity index (χ3n) is 4.64. The maximum absolute atomic E-state index is 11.8. The molecular formula is C15H26N2O3. The zero-order chi connectivity index (χ0) is 14.5. The fraction of sp³-hybridized carbons (Fsp3) is 0.867. The fourth-order valence-corrected chi connectivity index (χ4v) is 3.76. The molecule has 1 amide bonds. The van der Waals surface area contributed by atoms with Crippen molar-refractivity contribution < 1.29 is 14.3 Å². The summed E-state index contributed by atoms with van der Waals surface area (Å²) in [5, 5.41) is 2.72. The zero-order valence-corrected chi connectivity index (χ0v) is 12.6. The first-order valence-corrected chi connectivity index (χ1v) is 7.70. The number of esters is 1. The molecule has 5 nitrogen and oxygen atoms in total. The van der Waals surface area contributed by atoms with Crippen molar-refractivity contribution in [3.63, 3.8) is 0 Å². The molecule has 2 fully saturated rings. The van der Waals surface area contributed by atoms with E-state index in [-0.39, 0.29) is 11.9 Å². The molecule has 3 atom stereocenters. The van der Waals surface area contributed by atoms with E-state index in [9.17, 15) is 9.59 Å². The zero-order valence-electron chi connectivity index (χ0n) is 12.6. The lowest BCUT2D eigenvalue weighted by Gasteiger charge is -2.45. The molecule has 2 aliphatic rings. The molecule has 1 heterocycles. The Morgan fingerprint density at radius 2 is 1.95 bits per heavy atom. The largest absolute Gasteiger partial charge is 0.467 e. The van der Waals surface area contributed by atoms with Gasteiger partial charge >= 0.3 is 5.97 Å². The number of nitrogens with one attached hydrogen (secondary N) is 1. The number of piperidine rings is 1. The second-order valence-corrected chi connectivity index (χ2v) is 6.03. The topological polar surface area (TPSA) is 58.6 Å². The molecule has 0 spiro atoms. The summed E-state index contributed by atoms with van der Waals surface area (Å²) in [7, 11) is 1.37. The molecule has 1 aliphatic carbocycles. The van der Waals surface area contributed by atoms with Gasteiger partial charge in [-0.2, -0.15) is 0 Å². The molecule has 114 valence electrons. The van der Waals surface area contributed by atoms with E-state index in [0.29, 0.717) is 12.6 Å². The van der Waals surface area contributed by atoms with Crippen LogP contribution in [-0.4, -0.2) is 49.1 Å². The Balaban J connectivity index is 2.00. The summed E-state index contributed by atoms with van der Waals surface area (Å²) < 4.78 is 4.81. The molecule has 1 unspecified atom stereocenters. The van der Waals surface area contributed by atoms with Gasteiger partial charge in [-0.15, -0.1) is 0 Å². The standard InChI is InChI=1S/C15H26N2O3/c1-11(18)16-13(15(19)20-2)10-17-9-5-7-12-6-3-4-8-14(12)17/h12-14H,3-10H2,1-2H3,(H,16,18)/t12-,13?,14-/m1/s1. The third kappa shape index (κ3) is 3.72. The fourth-order valence-electron chi connectivity index (χ4n) is 3.76. The molecule has 0 aromatic heterocycles. The molecule has 0 aromatic carbocycles. The highest BCUT2D eigenvalue weighted by molar-refractivity contribution is 5.83. The van der Waals surface area contributed by atoms with Crippen LogP contribution in [0.5, 0.6) is 0 Å². The molecule has 0 radical (unpaired) electrons. The average molecular weight is 282 g/mol. The van der Waals surface area contributed by atoms with Gasteiger partial charge in [0.25, 0.3) is 0 Å². The van der Waals surface area contributed by atoms with Gasteiger partial charge in [0.15, 0.2) is 0 Å². The molecule has 1 aliphatic heterocycles. The molecule has 0 bridgehead atoms. The van der Waals surface area contributed by atoms with Crippen molar-refractivity contribution in [3.05, 3.63) is 0 Å². The number of hydrogen-bond acceptors (Lipinski definition) is 4. The van der Waals surface area contributed by atoms with Gasteiger partial charge in [-0.1, -0.05) is 12.8 Å². The lowest BCUT2D eigenvalue weighted by atomic mass is 9.78. The van der Waals surface area contributed by atoms with E-state index < -0.39 is 6.04 Å². The predicted molar refractivity (Wildman–Crippen MR) is 76.2 cm³/mol. The molecule has 20 heavy (non-hydrogen) atoms. The lowest BCUT2D eigenvalue weighted by Crippen LogP contribution is -2.54. The maximum atomic E-state index is 11.8. The number of rotatable bonds is 4. The number of ether oxygens (including phenoxy) is 1. The van der Waals surface area contributed by atoms with E-state index >= 15 is 0 Å². The first kappa shape index (κ1) is 15.3. The van der Waals surface area contributed by atoms with Crippen LogP contribution in [0.3, 0.4) is 0 Å². The minimum atomic E-state index is -0.543. The first-order valence-electron chi connectivity index (χ1n) is 7.70. The van der Waals surface area contributed by atoms with E-state index in [4.69, 9.17) is 4.74 Å². The van der Waals surface area contributed by atoms with Gasteiger partial charge in [-0.3, -0.25) is 9.69 Å². The second-order valence-electron chi connectivity index (χ2n) is 6.03. The van der Waals surface area contributed by atoms with E-state index in [0.717, 1.165) is 12.5 Å². The molecular weight excluding hydrogens is 256 g/mol. The van der Waals surface area contributed by atoms with Crippen molar-refractivity contribution in [2.75, 3.05) is 20.2 Å². The summed E-state index contributed by atoms with van der Waals surface area (Å²) in [6, 6.07) is 0.0385. The van der Waals surface area contributed by atoms with Crippen LogP contribution in [-0.2, 0) is 14.3 Å². The molecule has 1 saturated heterocycles. The van der Waals surface area contributed by atoms with Crippen LogP contribution in [0.25, 0.3) is 0 Å². The molecule has 1 saturated carbocycles. The lowest BCUT2D eigenvalue weighted by molar-refractivity contribution is -0.146. The second kappa shape index (κ2) is 7.07. The highest BCUT2D eigenvalue weighted by Crippen LogP contribution is 2.35. The third-order valence-corrected chi connectivity index (χ3v) is 4.64. The highest BCUT2D eigenvalue weighted by Gasteiger charge is 2.35. The van der Waals surface area contributed by atoms with Crippen molar-refractivity contribution in [2.45, 2.75) is 57.5 Å². The van der Waals surface area contributed by atoms with E-state index in [1.807, 2.05) is 0 Å². The number of likely N-dealkylation sites (tertiary alicyclic amines) is 1. The van der Waals surface area contributed by atoms with Crippen LogP contribution in [0.4, 0.5) is 0 Å². The van der Waals surface area contributed by atoms with Crippen molar-refractivity contribution in [2.24, 2.45) is 5.92 Å². The molecule has 0 aromatic rings. The summed E-state index contributed by atoms with van der Waals surface area (Å²) >= 11 is 0. The number of hydrogen-bond donors (Lipinski definition) is 1. The summed E-state index contributed by atoms with van der Waals surface area (Å²) in [6.45, 7) is 3.04. The number of methoxy groups -OCH3 is 1. The Morgan fingerprint density at radius 3 is 2.65 bits per heavy atom. The predicted octanol–water partition coefficient (Wildman–Crippen LogP) is 1.32. The monoisotopic (exact) mass is 282 g/mol. The van der Waals surface area contributed by atoms with Crippen molar-refractivity contribution in [3.8, 4) is 0 Å². The maximum Gasteiger partial charge on any atom is 0.329 e. The van der Waals surface area contributed by atoms with Gasteiger partial charge in [-0.25, -0.2) is 4.79 Å². The first-order chi connectivity index (χ1) is 9.61. The average Bonchev–Trinajstić information content (AvgIpc) is 2.45. The van der Waals surface area contributed by atoms with Crippen LogP contribution in [0, 0.1) is 5.92 Å². The number of nitrogens with zero attached hydrogens (tertiary/aromatic N) is 1. The van der Waals surface area contributed by atoms with Gasteiger partial charge in [-0.05, 0) is 38.1 Å². The number of amides is 1. The Kier molecular flexibility index (Phi) is 5.40. The summed E-state index contributed by atoms with van der Waals surface area (Å²) in [5.41, 5.74) is 0. The Hall–Kier alpha value is -1.10. The van der Waals surface area contributed by atoms with Crippen molar-refractivity contribution in [1.82, 2.24) is 10.2 Å². The Morgan fingerprint density at radius 1 is 1.25 bits per heavy atom. The van der Waals surface area contributed by atoms with Crippen molar-refractivity contribution in [1.29, 1.82) is 0 Å². The number of fused-ring (bicyclic) bond motifs is 1. The summed E-state index contributed by atoms with van der Waals surface area (Å²) in [5.74, 6) is 0.240. The van der Waals surface area contributed by atoms with Gasteiger partial charge in [0.1, 0.15) is 6.04 Å². The normalized spacial score (nSPS) is 28.3. The quantitative estimate of drug-likeness (QED) is 0.790. The van der Waals surface area contributed by atoms with E-state index in [1.165, 1.54) is 52.6 Å². The highest BCUT2D eigenvalue weighted by atomic mass is 16.5. The van der Waals surface area contributed by atoms with Crippen molar-refractivity contribution >= 4 is 11.9 Å². The smallest absolute Gasteiger partial charge is 0.329 e. The molecule has 2 rings (SSSR count). The Bertz CT molecular complexity index is 357. The number of carbonyl (C=O) groups is 2. The van der Waals surface area contributed by atoms with Crippen LogP contribution < -0.4 is 5.32 Å². The molecule has 5 heteroatoms. The minimum Gasteiger partial charge on any atom is -0.467 e. The van der Waals surface area contributed by atoms with Gasteiger partial charge in [0.2, 0.25) is 5.91 Å². The Labute approximate surface area is 121 Å².